The van der Waals surface area contributed by atoms with Crippen LogP contribution in [0.4, 0.5) is 10.5 Å². The molecule has 3 amide bonds. The fourth-order valence-corrected chi connectivity index (χ4v) is 4.48. The highest BCUT2D eigenvalue weighted by Crippen LogP contribution is 2.30. The number of anilines is 1. The number of urea groups is 1. The fraction of sp³-hybridized carbons (Fsp3) is 0.458. The van der Waals surface area contributed by atoms with E-state index < -0.39 is 0 Å². The van der Waals surface area contributed by atoms with Gasteiger partial charge in [0.05, 0.1) is 0 Å². The van der Waals surface area contributed by atoms with Crippen LogP contribution < -0.4 is 10.1 Å². The van der Waals surface area contributed by atoms with Gasteiger partial charge >= 0.3 is 6.03 Å². The van der Waals surface area contributed by atoms with Crippen LogP contribution in [0, 0.1) is 5.92 Å². The summed E-state index contributed by atoms with van der Waals surface area (Å²) in [6, 6.07) is 9.37. The van der Waals surface area contributed by atoms with E-state index in [2.05, 4.69) is 10.3 Å². The zero-order valence-electron chi connectivity index (χ0n) is 17.6. The average Bonchev–Trinajstić information content (AvgIpc) is 3.19. The third-order valence-corrected chi connectivity index (χ3v) is 6.63. The number of rotatable bonds is 4. The predicted octanol–water partition coefficient (Wildman–Crippen LogP) is 3.80. The summed E-state index contributed by atoms with van der Waals surface area (Å²) in [7, 11) is 0. The van der Waals surface area contributed by atoms with Crippen LogP contribution in [0.2, 0.25) is 0 Å². The van der Waals surface area contributed by atoms with Crippen molar-refractivity contribution in [1.29, 1.82) is 0 Å². The number of hydrogen-bond acceptors (Lipinski definition) is 4. The van der Waals surface area contributed by atoms with Crippen molar-refractivity contribution in [2.75, 3.05) is 18.4 Å². The van der Waals surface area contributed by atoms with Crippen LogP contribution in [-0.2, 0) is 17.9 Å². The summed E-state index contributed by atoms with van der Waals surface area (Å²) in [5.41, 5.74) is 2.99. The Balaban J connectivity index is 1.09. The average molecular weight is 421 g/mol. The highest BCUT2D eigenvalue weighted by Gasteiger charge is 2.32. The number of nitrogens with zero attached hydrogens (tertiary/aromatic N) is 3. The van der Waals surface area contributed by atoms with Gasteiger partial charge in [0.1, 0.15) is 11.9 Å². The molecule has 7 heteroatoms. The molecule has 1 saturated heterocycles. The van der Waals surface area contributed by atoms with Gasteiger partial charge in [0.15, 0.2) is 0 Å². The second kappa shape index (κ2) is 8.57. The van der Waals surface area contributed by atoms with Gasteiger partial charge in [-0.25, -0.2) is 4.79 Å². The Morgan fingerprint density at radius 3 is 2.35 bits per heavy atom. The molecule has 1 saturated carbocycles. The van der Waals surface area contributed by atoms with Crippen LogP contribution in [0.5, 0.6) is 5.75 Å². The van der Waals surface area contributed by atoms with E-state index in [0.29, 0.717) is 19.0 Å². The lowest BCUT2D eigenvalue weighted by Crippen LogP contribution is -2.45. The number of carbonyl (C=O) groups excluding carboxylic acids is 2. The third kappa shape index (κ3) is 4.36. The molecule has 162 valence electrons. The Kier molecular flexibility index (Phi) is 5.49. The molecule has 2 fully saturated rings. The van der Waals surface area contributed by atoms with Gasteiger partial charge in [-0.2, -0.15) is 0 Å². The summed E-state index contributed by atoms with van der Waals surface area (Å²) in [5.74, 6) is 1.40. The molecule has 1 aromatic carbocycles. The van der Waals surface area contributed by atoms with E-state index >= 15 is 0 Å². The maximum absolute atomic E-state index is 12.6. The minimum atomic E-state index is -0.117. The van der Waals surface area contributed by atoms with Crippen LogP contribution in [0.3, 0.4) is 0 Å². The Hall–Kier alpha value is -3.09. The second-order valence-corrected chi connectivity index (χ2v) is 8.73. The lowest BCUT2D eigenvalue weighted by atomic mass is 9.84. The summed E-state index contributed by atoms with van der Waals surface area (Å²) >= 11 is 0. The van der Waals surface area contributed by atoms with Crippen molar-refractivity contribution < 1.29 is 14.3 Å². The minimum Gasteiger partial charge on any atom is -0.490 e. The number of benzene rings is 1. The molecule has 0 unspecified atom stereocenters. The van der Waals surface area contributed by atoms with Crippen LogP contribution in [0.1, 0.15) is 43.2 Å². The van der Waals surface area contributed by atoms with E-state index in [1.807, 2.05) is 41.4 Å². The molecule has 1 N–H and O–H groups in total. The van der Waals surface area contributed by atoms with Crippen molar-refractivity contribution in [3.63, 3.8) is 0 Å². The first kappa shape index (κ1) is 19.8. The maximum Gasteiger partial charge on any atom is 0.322 e. The van der Waals surface area contributed by atoms with Crippen molar-refractivity contribution in [1.82, 2.24) is 14.8 Å². The van der Waals surface area contributed by atoms with Gasteiger partial charge < -0.3 is 19.9 Å². The molecule has 7 nitrogen and oxygen atoms in total. The molecule has 1 aliphatic carbocycles. The van der Waals surface area contributed by atoms with E-state index in [4.69, 9.17) is 4.74 Å². The van der Waals surface area contributed by atoms with Gasteiger partial charge in [0.2, 0.25) is 5.91 Å². The molecule has 3 aliphatic rings. The number of ether oxygens (including phenoxy) is 1. The number of nitrogens with one attached hydrogen (secondary N) is 1. The number of amides is 3. The third-order valence-electron chi connectivity index (χ3n) is 6.63. The Labute approximate surface area is 182 Å². The molecule has 2 aliphatic heterocycles. The number of fused-ring (bicyclic) bond motifs is 1. The molecule has 5 rings (SSSR count). The quantitative estimate of drug-likeness (QED) is 0.816. The van der Waals surface area contributed by atoms with E-state index in [0.717, 1.165) is 61.3 Å². The standard InChI is InChI=1S/C24H28N4O3/c29-23(17-2-1-3-17)27-12-9-22(10-13-27)31-21-6-4-20(5-7-21)26-24(30)28-15-18-8-11-25-14-19(18)16-28/h4-8,11,14,17,22H,1-3,9-10,12-13,15-16H2,(H,26,30). The Bertz CT molecular complexity index is 925. The molecule has 0 atom stereocenters. The zero-order chi connectivity index (χ0) is 21.2. The largest absolute Gasteiger partial charge is 0.490 e. The number of likely N-dealkylation sites (tertiary alicyclic amines) is 1. The monoisotopic (exact) mass is 420 g/mol. The fourth-order valence-electron chi connectivity index (χ4n) is 4.48. The summed E-state index contributed by atoms with van der Waals surface area (Å²) in [5, 5.41) is 2.96. The van der Waals surface area contributed by atoms with E-state index in [-0.39, 0.29) is 18.1 Å². The molecular weight excluding hydrogens is 392 g/mol. The number of hydrogen-bond donors (Lipinski definition) is 1. The van der Waals surface area contributed by atoms with E-state index in [9.17, 15) is 9.59 Å². The highest BCUT2D eigenvalue weighted by atomic mass is 16.5. The summed E-state index contributed by atoms with van der Waals surface area (Å²) < 4.78 is 6.12. The summed E-state index contributed by atoms with van der Waals surface area (Å²) in [6.07, 6.45) is 8.73. The molecule has 2 aromatic rings. The van der Waals surface area contributed by atoms with Crippen LogP contribution in [-0.4, -0.2) is 45.9 Å². The lowest BCUT2D eigenvalue weighted by Gasteiger charge is -2.36. The van der Waals surface area contributed by atoms with Gasteiger partial charge in [-0.05, 0) is 54.3 Å². The number of piperidine rings is 1. The molecular formula is C24H28N4O3. The van der Waals surface area contributed by atoms with Crippen LogP contribution in [0.25, 0.3) is 0 Å². The first-order valence-corrected chi connectivity index (χ1v) is 11.2. The normalized spacial score (nSPS) is 19.0. The van der Waals surface area contributed by atoms with Gasteiger partial charge in [0.25, 0.3) is 0 Å². The van der Waals surface area contributed by atoms with Crippen molar-refractivity contribution in [3.8, 4) is 5.75 Å². The van der Waals surface area contributed by atoms with Gasteiger partial charge in [-0.3, -0.25) is 9.78 Å². The van der Waals surface area contributed by atoms with Crippen LogP contribution in [0.15, 0.2) is 42.7 Å². The van der Waals surface area contributed by atoms with Gasteiger partial charge in [-0.15, -0.1) is 0 Å². The van der Waals surface area contributed by atoms with Crippen molar-refractivity contribution in [3.05, 3.63) is 53.9 Å². The molecule has 31 heavy (non-hydrogen) atoms. The maximum atomic E-state index is 12.6. The predicted molar refractivity (Wildman–Crippen MR) is 117 cm³/mol. The Morgan fingerprint density at radius 2 is 1.68 bits per heavy atom. The van der Waals surface area contributed by atoms with Crippen molar-refractivity contribution >= 4 is 17.6 Å². The van der Waals surface area contributed by atoms with Gasteiger partial charge in [0, 0.05) is 63.0 Å². The SMILES string of the molecule is O=C(Nc1ccc(OC2CCN(C(=O)C3CCC3)CC2)cc1)N1Cc2ccncc2C1. The first-order chi connectivity index (χ1) is 15.2. The first-order valence-electron chi connectivity index (χ1n) is 11.2. The number of pyridine rings is 1. The number of carbonyl (C=O) groups is 2. The van der Waals surface area contributed by atoms with E-state index in [1.54, 1.807) is 11.1 Å². The lowest BCUT2D eigenvalue weighted by molar-refractivity contribution is -0.140. The highest BCUT2D eigenvalue weighted by molar-refractivity contribution is 5.89. The van der Waals surface area contributed by atoms with Crippen molar-refractivity contribution in [2.45, 2.75) is 51.3 Å². The zero-order valence-corrected chi connectivity index (χ0v) is 17.6. The number of aromatic nitrogens is 1. The summed E-state index contributed by atoms with van der Waals surface area (Å²) in [4.78, 5) is 32.9. The molecule has 0 spiro atoms. The topological polar surface area (TPSA) is 74.8 Å². The van der Waals surface area contributed by atoms with E-state index in [1.165, 1.54) is 6.42 Å². The van der Waals surface area contributed by atoms with Gasteiger partial charge in [-0.1, -0.05) is 6.42 Å². The smallest absolute Gasteiger partial charge is 0.322 e. The molecule has 0 radical (unpaired) electrons. The Morgan fingerprint density at radius 1 is 0.935 bits per heavy atom. The summed E-state index contributed by atoms with van der Waals surface area (Å²) in [6.45, 7) is 2.74. The van der Waals surface area contributed by atoms with Crippen LogP contribution >= 0.6 is 0 Å². The molecule has 3 heterocycles. The second-order valence-electron chi connectivity index (χ2n) is 8.73. The molecule has 0 bridgehead atoms. The minimum absolute atomic E-state index is 0.117. The van der Waals surface area contributed by atoms with Crippen molar-refractivity contribution in [2.24, 2.45) is 5.92 Å². The molecule has 1 aromatic heterocycles.